The van der Waals surface area contributed by atoms with Crippen LogP contribution in [-0.2, 0) is 4.57 Å². The Kier molecular flexibility index (Phi) is 3.95. The van der Waals surface area contributed by atoms with E-state index in [-0.39, 0.29) is 0 Å². The number of aromatic amines is 1. The van der Waals surface area contributed by atoms with Crippen molar-refractivity contribution in [3.8, 4) is 0 Å². The van der Waals surface area contributed by atoms with Gasteiger partial charge in [-0.05, 0) is 6.92 Å². The van der Waals surface area contributed by atoms with Crippen molar-refractivity contribution >= 4 is 7.91 Å². The largest absolute Gasteiger partial charge is 0.507 e. The van der Waals surface area contributed by atoms with Gasteiger partial charge in [0.15, 0.2) is 0 Å². The first-order valence-corrected chi connectivity index (χ1v) is 4.11. The number of halogens is 1. The van der Waals surface area contributed by atoms with Gasteiger partial charge in [0.25, 0.3) is 0 Å². The summed E-state index contributed by atoms with van der Waals surface area (Å²) in [4.78, 5) is 20.7. The van der Waals surface area contributed by atoms with Gasteiger partial charge >= 0.3 is 7.91 Å². The number of rotatable bonds is 0. The molecule has 0 atom stereocenters. The molecule has 0 unspecified atom stereocenters. The Bertz CT molecular complexity index is 223. The Morgan fingerprint density at radius 2 is 2.18 bits per heavy atom. The summed E-state index contributed by atoms with van der Waals surface area (Å²) >= 11 is 0. The van der Waals surface area contributed by atoms with Crippen molar-refractivity contribution in [3.63, 3.8) is 0 Å². The zero-order valence-electron chi connectivity index (χ0n) is 5.73. The lowest BCUT2D eigenvalue weighted by Crippen LogP contribution is -1.66. The molecule has 11 heavy (non-hydrogen) atoms. The second kappa shape index (κ2) is 4.23. The third-order valence-electron chi connectivity index (χ3n) is 0.635. The van der Waals surface area contributed by atoms with Crippen LogP contribution in [-0.4, -0.2) is 19.8 Å². The summed E-state index contributed by atoms with van der Waals surface area (Å²) in [6.45, 7) is 1.92. The molecule has 0 aliphatic carbocycles. The Morgan fingerprint density at radius 3 is 2.27 bits per heavy atom. The summed E-state index contributed by atoms with van der Waals surface area (Å²) in [7, 11) is -5.14. The van der Waals surface area contributed by atoms with Gasteiger partial charge in [-0.1, -0.05) is 0 Å². The molecule has 5 nitrogen and oxygen atoms in total. The molecular formula is C4H8FN2O3P. The van der Waals surface area contributed by atoms with Crippen LogP contribution in [0, 0.1) is 6.92 Å². The first kappa shape index (κ1) is 10.3. The molecule has 1 aromatic heterocycles. The molecule has 1 rings (SSSR count). The molecule has 1 heterocycles. The zero-order valence-corrected chi connectivity index (χ0v) is 6.62. The number of nitrogens with one attached hydrogen (secondary N) is 1. The van der Waals surface area contributed by atoms with Crippen molar-refractivity contribution < 1.29 is 18.5 Å². The van der Waals surface area contributed by atoms with Crippen molar-refractivity contribution in [3.05, 3.63) is 18.2 Å². The molecule has 0 saturated heterocycles. The first-order valence-electron chi connectivity index (χ1n) is 2.61. The van der Waals surface area contributed by atoms with E-state index in [0.717, 1.165) is 5.82 Å². The molecule has 0 aliphatic rings. The SMILES string of the molecule is Cc1ncc[nH]1.O=P(O)(O)F. The maximum absolute atomic E-state index is 10.4. The van der Waals surface area contributed by atoms with E-state index in [2.05, 4.69) is 9.97 Å². The van der Waals surface area contributed by atoms with Crippen LogP contribution in [0.1, 0.15) is 5.82 Å². The van der Waals surface area contributed by atoms with Gasteiger partial charge in [-0.15, -0.1) is 4.20 Å². The number of nitrogens with zero attached hydrogens (tertiary/aromatic N) is 1. The number of hydrogen-bond acceptors (Lipinski definition) is 2. The summed E-state index contributed by atoms with van der Waals surface area (Å²) in [5.74, 6) is 0.968. The van der Waals surface area contributed by atoms with Crippen LogP contribution in [0.15, 0.2) is 12.4 Å². The summed E-state index contributed by atoms with van der Waals surface area (Å²) in [6.07, 6.45) is 3.53. The first-order chi connectivity index (χ1) is 4.89. The van der Waals surface area contributed by atoms with Crippen LogP contribution < -0.4 is 0 Å². The van der Waals surface area contributed by atoms with E-state index in [4.69, 9.17) is 14.4 Å². The number of hydrogen-bond donors (Lipinski definition) is 3. The molecule has 7 heteroatoms. The van der Waals surface area contributed by atoms with Crippen LogP contribution in [0.2, 0.25) is 0 Å². The Labute approximate surface area is 62.6 Å². The van der Waals surface area contributed by atoms with Crippen molar-refractivity contribution in [2.24, 2.45) is 0 Å². The molecule has 1 aromatic rings. The minimum absolute atomic E-state index is 0.968. The third kappa shape index (κ3) is 12.5. The van der Waals surface area contributed by atoms with Gasteiger partial charge in [0.2, 0.25) is 0 Å². The predicted molar refractivity (Wildman–Crippen MR) is 36.5 cm³/mol. The second-order valence-electron chi connectivity index (χ2n) is 1.65. The van der Waals surface area contributed by atoms with Crippen LogP contribution >= 0.6 is 7.91 Å². The monoisotopic (exact) mass is 182 g/mol. The van der Waals surface area contributed by atoms with Gasteiger partial charge in [0, 0.05) is 12.4 Å². The fourth-order valence-electron chi connectivity index (χ4n) is 0.344. The molecule has 64 valence electrons. The molecular weight excluding hydrogens is 174 g/mol. The molecule has 0 bridgehead atoms. The maximum Gasteiger partial charge on any atom is 0.507 e. The zero-order chi connectivity index (χ0) is 8.91. The lowest BCUT2D eigenvalue weighted by Gasteiger charge is -1.77. The molecule has 0 aliphatic heterocycles. The van der Waals surface area contributed by atoms with Crippen LogP contribution in [0.3, 0.4) is 0 Å². The molecule has 3 N–H and O–H groups in total. The van der Waals surface area contributed by atoms with E-state index < -0.39 is 7.91 Å². The standard InChI is InChI=1S/C4H6N2.FH2O3P/c1-4-5-2-3-6-4;1-5(2,3)4/h2-3H,1H3,(H,5,6);(H2,2,3,4). The minimum Gasteiger partial charge on any atom is -0.349 e. The molecule has 0 fully saturated rings. The van der Waals surface area contributed by atoms with Gasteiger partial charge < -0.3 is 4.98 Å². The molecule has 0 radical (unpaired) electrons. The van der Waals surface area contributed by atoms with Gasteiger partial charge in [-0.3, -0.25) is 9.79 Å². The minimum atomic E-state index is -5.14. The highest BCUT2D eigenvalue weighted by molar-refractivity contribution is 7.45. The summed E-state index contributed by atoms with van der Waals surface area (Å²) in [5.41, 5.74) is 0. The molecule has 0 aromatic carbocycles. The van der Waals surface area contributed by atoms with E-state index >= 15 is 0 Å². The van der Waals surface area contributed by atoms with Gasteiger partial charge in [-0.25, -0.2) is 9.55 Å². The number of aromatic nitrogens is 2. The highest BCUT2D eigenvalue weighted by atomic mass is 31.2. The number of imidazole rings is 1. The number of H-pyrrole nitrogens is 1. The van der Waals surface area contributed by atoms with E-state index in [1.807, 2.05) is 6.92 Å². The number of aryl methyl sites for hydroxylation is 1. The Balaban J connectivity index is 0.000000187. The molecule has 0 saturated carbocycles. The topological polar surface area (TPSA) is 86.2 Å². The lowest BCUT2D eigenvalue weighted by atomic mass is 10.8. The third-order valence-corrected chi connectivity index (χ3v) is 0.635. The van der Waals surface area contributed by atoms with Crippen LogP contribution in [0.25, 0.3) is 0 Å². The average molecular weight is 182 g/mol. The van der Waals surface area contributed by atoms with E-state index in [1.165, 1.54) is 0 Å². The van der Waals surface area contributed by atoms with Crippen LogP contribution in [0.5, 0.6) is 0 Å². The maximum atomic E-state index is 10.4. The lowest BCUT2D eigenvalue weighted by molar-refractivity contribution is 0.322. The summed E-state index contributed by atoms with van der Waals surface area (Å²) in [5, 5.41) is 0. The predicted octanol–water partition coefficient (Wildman–Crippen LogP) is 0.767. The highest BCUT2D eigenvalue weighted by Crippen LogP contribution is 2.34. The molecule has 0 spiro atoms. The van der Waals surface area contributed by atoms with E-state index in [9.17, 15) is 4.20 Å². The van der Waals surface area contributed by atoms with Crippen molar-refractivity contribution in [2.45, 2.75) is 6.92 Å². The van der Waals surface area contributed by atoms with Crippen LogP contribution in [0.4, 0.5) is 4.20 Å². The Hall–Kier alpha value is -0.710. The van der Waals surface area contributed by atoms with Crippen molar-refractivity contribution in [1.82, 2.24) is 9.97 Å². The molecule has 0 amide bonds. The fraction of sp³-hybridized carbons (Fsp3) is 0.250. The van der Waals surface area contributed by atoms with Gasteiger partial charge in [-0.2, -0.15) is 0 Å². The second-order valence-corrected chi connectivity index (χ2v) is 2.59. The van der Waals surface area contributed by atoms with Crippen molar-refractivity contribution in [1.29, 1.82) is 0 Å². The van der Waals surface area contributed by atoms with Gasteiger partial charge in [0.05, 0.1) is 0 Å². The Morgan fingerprint density at radius 1 is 1.73 bits per heavy atom. The summed E-state index contributed by atoms with van der Waals surface area (Å²) in [6, 6.07) is 0. The normalized spacial score (nSPS) is 10.2. The average Bonchev–Trinajstić information content (AvgIpc) is 2.12. The highest BCUT2D eigenvalue weighted by Gasteiger charge is 2.04. The quantitative estimate of drug-likeness (QED) is 0.517. The summed E-state index contributed by atoms with van der Waals surface area (Å²) < 4.78 is 19.0. The van der Waals surface area contributed by atoms with Crippen molar-refractivity contribution in [2.75, 3.05) is 0 Å². The van der Waals surface area contributed by atoms with E-state index in [1.54, 1.807) is 12.4 Å². The van der Waals surface area contributed by atoms with Gasteiger partial charge in [0.1, 0.15) is 5.82 Å². The van der Waals surface area contributed by atoms with E-state index in [0.29, 0.717) is 0 Å². The smallest absolute Gasteiger partial charge is 0.349 e. The fourth-order valence-corrected chi connectivity index (χ4v) is 0.344.